The Bertz CT molecular complexity index is 369. The third kappa shape index (κ3) is 1.75. The van der Waals surface area contributed by atoms with Crippen molar-refractivity contribution in [1.82, 2.24) is 9.88 Å². The number of halogens is 1. The van der Waals surface area contributed by atoms with Crippen molar-refractivity contribution < 1.29 is 9.90 Å². The van der Waals surface area contributed by atoms with E-state index in [0.29, 0.717) is 5.56 Å². The van der Waals surface area contributed by atoms with E-state index in [2.05, 4.69) is 9.88 Å². The topological polar surface area (TPSA) is 54.3 Å². The molecule has 0 aromatic carbocycles. The lowest BCUT2D eigenvalue weighted by Gasteiger charge is -2.18. The zero-order valence-corrected chi connectivity index (χ0v) is 9.65. The van der Waals surface area contributed by atoms with Crippen LogP contribution in [0.5, 0.6) is 0 Å². The first-order chi connectivity index (χ1) is 6.63. The highest BCUT2D eigenvalue weighted by Crippen LogP contribution is 2.23. The molecule has 15 heavy (non-hydrogen) atoms. The zero-order valence-electron chi connectivity index (χ0n) is 8.83. The summed E-state index contributed by atoms with van der Waals surface area (Å²) in [4.78, 5) is 11.0. The Balaban J connectivity index is 0.00000112. The van der Waals surface area contributed by atoms with Gasteiger partial charge in [-0.15, -0.1) is 12.4 Å². The van der Waals surface area contributed by atoms with Crippen LogP contribution in [0.3, 0.4) is 0 Å². The van der Waals surface area contributed by atoms with Crippen molar-refractivity contribution in [3.05, 3.63) is 22.5 Å². The van der Waals surface area contributed by atoms with Gasteiger partial charge in [0.05, 0.1) is 5.56 Å². The fraction of sp³-hybridized carbons (Fsp3) is 0.500. The van der Waals surface area contributed by atoms with Crippen LogP contribution in [0.4, 0.5) is 0 Å². The number of nitrogens with zero attached hydrogens (tertiary/aromatic N) is 1. The molecule has 1 aromatic heterocycles. The Kier molecular flexibility index (Phi) is 3.42. The summed E-state index contributed by atoms with van der Waals surface area (Å²) in [5.74, 6) is -0.818. The summed E-state index contributed by atoms with van der Waals surface area (Å²) in [5.41, 5.74) is 3.38. The molecule has 1 aliphatic rings. The molecule has 0 atom stereocenters. The summed E-state index contributed by atoms with van der Waals surface area (Å²) < 4.78 is 2.11. The van der Waals surface area contributed by atoms with Crippen molar-refractivity contribution in [2.75, 3.05) is 6.54 Å². The molecule has 0 amide bonds. The van der Waals surface area contributed by atoms with Crippen molar-refractivity contribution in [3.63, 3.8) is 0 Å². The quantitative estimate of drug-likeness (QED) is 0.765. The van der Waals surface area contributed by atoms with E-state index >= 15 is 0 Å². The molecule has 0 fully saturated rings. The third-order valence-corrected chi connectivity index (χ3v) is 2.92. The molecule has 1 aliphatic heterocycles. The SMILES string of the molecule is Cc1c(C(=O)O)c(C)n2c1CNCC2.Cl. The molecule has 84 valence electrons. The van der Waals surface area contributed by atoms with Gasteiger partial charge in [-0.05, 0) is 19.4 Å². The van der Waals surface area contributed by atoms with Crippen LogP contribution in [-0.4, -0.2) is 22.2 Å². The largest absolute Gasteiger partial charge is 0.478 e. The summed E-state index contributed by atoms with van der Waals surface area (Å²) in [6, 6.07) is 0. The van der Waals surface area contributed by atoms with Crippen LogP contribution in [0.2, 0.25) is 0 Å². The maximum absolute atomic E-state index is 11.0. The molecule has 4 nitrogen and oxygen atoms in total. The van der Waals surface area contributed by atoms with Crippen LogP contribution >= 0.6 is 12.4 Å². The number of hydrogen-bond donors (Lipinski definition) is 2. The number of fused-ring (bicyclic) bond motifs is 1. The van der Waals surface area contributed by atoms with Crippen LogP contribution in [0.15, 0.2) is 0 Å². The Morgan fingerprint density at radius 1 is 1.47 bits per heavy atom. The molecule has 5 heteroatoms. The van der Waals surface area contributed by atoms with Crippen molar-refractivity contribution in [2.24, 2.45) is 0 Å². The predicted octanol–water partition coefficient (Wildman–Crippen LogP) is 1.33. The van der Waals surface area contributed by atoms with Crippen LogP contribution < -0.4 is 5.32 Å². The van der Waals surface area contributed by atoms with Crippen LogP contribution in [0.25, 0.3) is 0 Å². The highest BCUT2D eigenvalue weighted by Gasteiger charge is 2.22. The predicted molar refractivity (Wildman–Crippen MR) is 59.8 cm³/mol. The monoisotopic (exact) mass is 230 g/mol. The second kappa shape index (κ2) is 4.24. The third-order valence-electron chi connectivity index (χ3n) is 2.92. The molecule has 0 saturated heterocycles. The lowest BCUT2D eigenvalue weighted by atomic mass is 10.1. The molecule has 0 unspecified atom stereocenters. The van der Waals surface area contributed by atoms with E-state index in [1.807, 2.05) is 13.8 Å². The lowest BCUT2D eigenvalue weighted by Crippen LogP contribution is -2.28. The van der Waals surface area contributed by atoms with Gasteiger partial charge < -0.3 is 15.0 Å². The second-order valence-electron chi connectivity index (χ2n) is 3.67. The molecule has 0 aliphatic carbocycles. The fourth-order valence-electron chi connectivity index (χ4n) is 2.20. The summed E-state index contributed by atoms with van der Waals surface area (Å²) in [6.07, 6.45) is 0. The van der Waals surface area contributed by atoms with Gasteiger partial charge >= 0.3 is 5.97 Å². The van der Waals surface area contributed by atoms with E-state index in [9.17, 15) is 4.79 Å². The van der Waals surface area contributed by atoms with Gasteiger partial charge in [0.25, 0.3) is 0 Å². The number of hydrogen-bond acceptors (Lipinski definition) is 2. The Labute approximate surface area is 94.7 Å². The van der Waals surface area contributed by atoms with Gasteiger partial charge in [-0.1, -0.05) is 0 Å². The highest BCUT2D eigenvalue weighted by atomic mass is 35.5. The number of carboxylic acids is 1. The van der Waals surface area contributed by atoms with Gasteiger partial charge in [0.2, 0.25) is 0 Å². The van der Waals surface area contributed by atoms with Crippen LogP contribution in [0, 0.1) is 13.8 Å². The number of nitrogens with one attached hydrogen (secondary N) is 1. The molecule has 1 aromatic rings. The Morgan fingerprint density at radius 2 is 2.13 bits per heavy atom. The zero-order chi connectivity index (χ0) is 10.3. The Morgan fingerprint density at radius 3 is 2.67 bits per heavy atom. The van der Waals surface area contributed by atoms with Gasteiger partial charge in [0, 0.05) is 31.0 Å². The summed E-state index contributed by atoms with van der Waals surface area (Å²) in [5, 5.41) is 12.3. The molecule has 2 N–H and O–H groups in total. The lowest BCUT2D eigenvalue weighted by molar-refractivity contribution is 0.0695. The van der Waals surface area contributed by atoms with E-state index in [1.165, 1.54) is 0 Å². The van der Waals surface area contributed by atoms with E-state index in [-0.39, 0.29) is 12.4 Å². The van der Waals surface area contributed by atoms with Crippen molar-refractivity contribution in [1.29, 1.82) is 0 Å². The first-order valence-corrected chi connectivity index (χ1v) is 4.75. The minimum Gasteiger partial charge on any atom is -0.478 e. The van der Waals surface area contributed by atoms with E-state index in [4.69, 9.17) is 5.11 Å². The summed E-state index contributed by atoms with van der Waals surface area (Å²) in [7, 11) is 0. The molecule has 0 saturated carbocycles. The number of carbonyl (C=O) groups is 1. The number of aromatic carboxylic acids is 1. The van der Waals surface area contributed by atoms with Crippen molar-refractivity contribution >= 4 is 18.4 Å². The molecule has 0 radical (unpaired) electrons. The Hall–Kier alpha value is -1.00. The molecule has 2 heterocycles. The average Bonchev–Trinajstić information content (AvgIpc) is 2.41. The first kappa shape index (κ1) is 12.1. The van der Waals surface area contributed by atoms with Crippen LogP contribution in [-0.2, 0) is 13.1 Å². The molecule has 0 spiro atoms. The molecular formula is C10H15ClN2O2. The maximum atomic E-state index is 11.0. The number of carboxylic acid groups (broad SMARTS) is 1. The van der Waals surface area contributed by atoms with E-state index < -0.39 is 5.97 Å². The molecule has 2 rings (SSSR count). The van der Waals surface area contributed by atoms with E-state index in [0.717, 1.165) is 36.6 Å². The summed E-state index contributed by atoms with van der Waals surface area (Å²) >= 11 is 0. The fourth-order valence-corrected chi connectivity index (χ4v) is 2.20. The number of aromatic nitrogens is 1. The minimum atomic E-state index is -0.818. The van der Waals surface area contributed by atoms with Crippen molar-refractivity contribution in [2.45, 2.75) is 26.9 Å². The standard InChI is InChI=1S/C10H14N2O2.ClH/c1-6-8-5-11-3-4-12(8)7(2)9(6)10(13)14;/h11H,3-5H2,1-2H3,(H,13,14);1H. The minimum absolute atomic E-state index is 0. The second-order valence-corrected chi connectivity index (χ2v) is 3.67. The maximum Gasteiger partial charge on any atom is 0.337 e. The average molecular weight is 231 g/mol. The molecule has 0 bridgehead atoms. The smallest absolute Gasteiger partial charge is 0.337 e. The normalized spacial score (nSPS) is 14.3. The highest BCUT2D eigenvalue weighted by molar-refractivity contribution is 5.91. The van der Waals surface area contributed by atoms with Crippen LogP contribution in [0.1, 0.15) is 27.3 Å². The van der Waals surface area contributed by atoms with Gasteiger partial charge in [0.1, 0.15) is 0 Å². The summed E-state index contributed by atoms with van der Waals surface area (Å²) in [6.45, 7) is 6.33. The van der Waals surface area contributed by atoms with Crippen molar-refractivity contribution in [3.8, 4) is 0 Å². The van der Waals surface area contributed by atoms with E-state index in [1.54, 1.807) is 0 Å². The van der Waals surface area contributed by atoms with Gasteiger partial charge in [-0.2, -0.15) is 0 Å². The molecular weight excluding hydrogens is 216 g/mol. The van der Waals surface area contributed by atoms with Gasteiger partial charge in [-0.3, -0.25) is 0 Å². The van der Waals surface area contributed by atoms with Gasteiger partial charge in [-0.25, -0.2) is 4.79 Å². The number of rotatable bonds is 1. The van der Waals surface area contributed by atoms with Gasteiger partial charge in [0.15, 0.2) is 0 Å². The first-order valence-electron chi connectivity index (χ1n) is 4.75.